The van der Waals surface area contributed by atoms with Crippen molar-refractivity contribution in [2.75, 3.05) is 11.4 Å². The van der Waals surface area contributed by atoms with E-state index in [0.717, 1.165) is 60.7 Å². The predicted octanol–water partition coefficient (Wildman–Crippen LogP) is 6.18. The number of H-pyrrole nitrogens is 1. The quantitative estimate of drug-likeness (QED) is 0.365. The van der Waals surface area contributed by atoms with Gasteiger partial charge in [0.25, 0.3) is 0 Å². The molecule has 0 unspecified atom stereocenters. The van der Waals surface area contributed by atoms with E-state index < -0.39 is 0 Å². The van der Waals surface area contributed by atoms with Crippen LogP contribution in [-0.4, -0.2) is 26.5 Å². The first-order chi connectivity index (χ1) is 15.5. The van der Waals surface area contributed by atoms with Gasteiger partial charge in [0.15, 0.2) is 0 Å². The number of nitrogens with one attached hydrogen (secondary N) is 1. The van der Waals surface area contributed by atoms with E-state index in [-0.39, 0.29) is 0 Å². The Hall–Kier alpha value is -3.21. The van der Waals surface area contributed by atoms with Crippen LogP contribution in [0.15, 0.2) is 42.7 Å². The van der Waals surface area contributed by atoms with Crippen LogP contribution in [0.3, 0.4) is 0 Å². The smallest absolute Gasteiger partial charge is 0.135 e. The van der Waals surface area contributed by atoms with Gasteiger partial charge >= 0.3 is 0 Å². The third-order valence-electron chi connectivity index (χ3n) is 6.14. The molecule has 5 heteroatoms. The first-order valence-electron chi connectivity index (χ1n) is 11.7. The maximum atomic E-state index is 4.72. The Bertz CT molecular complexity index is 1220. The minimum atomic E-state index is 0.839. The van der Waals surface area contributed by atoms with E-state index in [0.29, 0.717) is 0 Å². The van der Waals surface area contributed by atoms with Crippen LogP contribution in [0.1, 0.15) is 55.4 Å². The molecule has 2 aromatic heterocycles. The molecule has 32 heavy (non-hydrogen) atoms. The molecule has 166 valence electrons. The Morgan fingerprint density at radius 3 is 2.44 bits per heavy atom. The zero-order valence-electron chi connectivity index (χ0n) is 19.9. The van der Waals surface area contributed by atoms with Gasteiger partial charge in [0.1, 0.15) is 18.0 Å². The Morgan fingerprint density at radius 1 is 0.906 bits per heavy atom. The largest absolute Gasteiger partial charge is 0.352 e. The fourth-order valence-electron chi connectivity index (χ4n) is 4.45. The lowest BCUT2D eigenvalue weighted by Crippen LogP contribution is -2.27. The van der Waals surface area contributed by atoms with Crippen LogP contribution < -0.4 is 4.90 Å². The first-order valence-corrected chi connectivity index (χ1v) is 11.7. The van der Waals surface area contributed by atoms with Crippen LogP contribution in [0.5, 0.6) is 0 Å². The van der Waals surface area contributed by atoms with E-state index in [9.17, 15) is 0 Å². The van der Waals surface area contributed by atoms with Gasteiger partial charge < -0.3 is 9.88 Å². The third kappa shape index (κ3) is 4.38. The first kappa shape index (κ1) is 22.0. The normalized spacial score (nSPS) is 11.3. The summed E-state index contributed by atoms with van der Waals surface area (Å²) in [5.41, 5.74) is 9.58. The van der Waals surface area contributed by atoms with Crippen molar-refractivity contribution in [2.24, 2.45) is 0 Å². The maximum absolute atomic E-state index is 4.72. The molecule has 0 fully saturated rings. The van der Waals surface area contributed by atoms with E-state index in [4.69, 9.17) is 4.98 Å². The number of anilines is 1. The average Bonchev–Trinajstić information content (AvgIpc) is 3.18. The molecule has 2 heterocycles. The van der Waals surface area contributed by atoms with Crippen molar-refractivity contribution in [3.63, 3.8) is 0 Å². The Morgan fingerprint density at radius 2 is 1.69 bits per heavy atom. The molecule has 0 atom stereocenters. The molecular weight excluding hydrogens is 394 g/mol. The molecule has 5 nitrogen and oxygen atoms in total. The van der Waals surface area contributed by atoms with Crippen LogP contribution >= 0.6 is 0 Å². The number of nitrogens with zero attached hydrogens (tertiary/aromatic N) is 4. The van der Waals surface area contributed by atoms with Gasteiger partial charge in [-0.2, -0.15) is 0 Å². The van der Waals surface area contributed by atoms with Gasteiger partial charge in [-0.15, -0.1) is 0 Å². The topological polar surface area (TPSA) is 57.7 Å². The highest BCUT2D eigenvalue weighted by Crippen LogP contribution is 2.28. The molecule has 0 saturated carbocycles. The molecule has 0 radical (unpaired) electrons. The molecule has 2 aromatic carbocycles. The number of benzene rings is 2. The Labute approximate surface area is 191 Å². The predicted molar refractivity (Wildman–Crippen MR) is 133 cm³/mol. The van der Waals surface area contributed by atoms with E-state index in [1.807, 2.05) is 6.92 Å². The van der Waals surface area contributed by atoms with Gasteiger partial charge in [0.2, 0.25) is 0 Å². The minimum absolute atomic E-state index is 0.839. The second kappa shape index (κ2) is 9.51. The Kier molecular flexibility index (Phi) is 6.54. The summed E-state index contributed by atoms with van der Waals surface area (Å²) in [5, 5.41) is 0. The fourth-order valence-corrected chi connectivity index (χ4v) is 4.45. The molecule has 4 rings (SSSR count). The van der Waals surface area contributed by atoms with E-state index in [2.05, 4.69) is 83.9 Å². The summed E-state index contributed by atoms with van der Waals surface area (Å²) in [4.78, 5) is 19.6. The van der Waals surface area contributed by atoms with Gasteiger partial charge in [-0.25, -0.2) is 15.0 Å². The number of aromatic nitrogens is 4. The molecule has 0 spiro atoms. The van der Waals surface area contributed by atoms with E-state index in [1.54, 1.807) is 6.33 Å². The molecule has 4 aromatic rings. The molecule has 0 saturated heterocycles. The number of fused-ring (bicyclic) bond motifs is 1. The zero-order valence-corrected chi connectivity index (χ0v) is 19.9. The lowest BCUT2D eigenvalue weighted by atomic mass is 9.98. The van der Waals surface area contributed by atoms with Gasteiger partial charge in [0.05, 0.1) is 11.0 Å². The molecule has 0 aliphatic rings. The molecule has 1 N–H and O–H groups in total. The van der Waals surface area contributed by atoms with Gasteiger partial charge in [-0.05, 0) is 73.6 Å². The number of hydrogen-bond donors (Lipinski definition) is 1. The van der Waals surface area contributed by atoms with E-state index >= 15 is 0 Å². The molecule has 0 bridgehead atoms. The van der Waals surface area contributed by atoms with Crippen LogP contribution in [0, 0.1) is 13.8 Å². The van der Waals surface area contributed by atoms with Crippen LogP contribution in [0.2, 0.25) is 0 Å². The second-order valence-corrected chi connectivity index (χ2v) is 8.45. The number of hydrogen-bond acceptors (Lipinski definition) is 4. The summed E-state index contributed by atoms with van der Waals surface area (Å²) in [6.07, 6.45) is 4.68. The summed E-state index contributed by atoms with van der Waals surface area (Å²) < 4.78 is 0. The van der Waals surface area contributed by atoms with Gasteiger partial charge in [-0.3, -0.25) is 0 Å². The molecule has 0 aliphatic carbocycles. The third-order valence-corrected chi connectivity index (χ3v) is 6.14. The lowest BCUT2D eigenvalue weighted by Gasteiger charge is -2.27. The molecular formula is C27H33N5. The van der Waals surface area contributed by atoms with Crippen molar-refractivity contribution in [2.45, 2.75) is 60.4 Å². The maximum Gasteiger partial charge on any atom is 0.135 e. The Balaban J connectivity index is 1.70. The van der Waals surface area contributed by atoms with Crippen molar-refractivity contribution in [3.05, 3.63) is 70.9 Å². The van der Waals surface area contributed by atoms with Crippen LogP contribution in [0.4, 0.5) is 5.82 Å². The summed E-state index contributed by atoms with van der Waals surface area (Å²) in [6.45, 7) is 12.6. The highest BCUT2D eigenvalue weighted by molar-refractivity contribution is 5.82. The van der Waals surface area contributed by atoms with Crippen molar-refractivity contribution in [3.8, 4) is 11.1 Å². The minimum Gasteiger partial charge on any atom is -0.352 e. The number of aryl methyl sites for hydroxylation is 3. The summed E-state index contributed by atoms with van der Waals surface area (Å²) >= 11 is 0. The summed E-state index contributed by atoms with van der Waals surface area (Å²) in [7, 11) is 0. The van der Waals surface area contributed by atoms with Gasteiger partial charge in [-0.1, -0.05) is 39.0 Å². The summed E-state index contributed by atoms with van der Waals surface area (Å²) in [5.74, 6) is 2.03. The molecule has 0 amide bonds. The SMILES string of the molecule is CCCN(Cc1cc(-c2ccc3nc(C)[nH]c3c2)ccc1C)c1ncnc(CC)c1CC. The van der Waals surface area contributed by atoms with Crippen molar-refractivity contribution in [1.82, 2.24) is 19.9 Å². The van der Waals surface area contributed by atoms with Crippen LogP contribution in [-0.2, 0) is 19.4 Å². The summed E-state index contributed by atoms with van der Waals surface area (Å²) in [6, 6.07) is 13.2. The van der Waals surface area contributed by atoms with Crippen molar-refractivity contribution < 1.29 is 0 Å². The van der Waals surface area contributed by atoms with Crippen LogP contribution in [0.25, 0.3) is 22.2 Å². The highest BCUT2D eigenvalue weighted by atomic mass is 15.2. The van der Waals surface area contributed by atoms with E-state index in [1.165, 1.54) is 27.8 Å². The molecule has 0 aliphatic heterocycles. The van der Waals surface area contributed by atoms with Crippen molar-refractivity contribution >= 4 is 16.9 Å². The number of rotatable bonds is 8. The van der Waals surface area contributed by atoms with Gasteiger partial charge in [0, 0.05) is 24.3 Å². The average molecular weight is 428 g/mol. The highest BCUT2D eigenvalue weighted by Gasteiger charge is 2.17. The lowest BCUT2D eigenvalue weighted by molar-refractivity contribution is 0.738. The van der Waals surface area contributed by atoms with Crippen molar-refractivity contribution in [1.29, 1.82) is 0 Å². The second-order valence-electron chi connectivity index (χ2n) is 8.45. The zero-order chi connectivity index (χ0) is 22.7. The number of imidazole rings is 1. The monoisotopic (exact) mass is 427 g/mol. The standard InChI is InChI=1S/C27H33N5/c1-6-13-32(27-23(7-2)24(8-3)28-17-29-27)16-22-14-20(10-9-18(22)4)21-11-12-25-26(15-21)31-19(5)30-25/h9-12,14-15,17H,6-8,13,16H2,1-5H3,(H,30,31). The fraction of sp³-hybridized carbons (Fsp3) is 0.370. The number of aromatic amines is 1.